The van der Waals surface area contributed by atoms with E-state index in [-0.39, 0.29) is 5.75 Å². The van der Waals surface area contributed by atoms with Gasteiger partial charge in [-0.3, -0.25) is 4.79 Å². The van der Waals surface area contributed by atoms with Crippen LogP contribution in [0.25, 0.3) is 0 Å². The molecule has 134 valence electrons. The van der Waals surface area contributed by atoms with Crippen molar-refractivity contribution in [2.45, 2.75) is 10.9 Å². The minimum absolute atomic E-state index is 0.168. The first-order chi connectivity index (χ1) is 12.6. The number of nitrogens with zero attached hydrogens (tertiary/aromatic N) is 3. The zero-order valence-electron chi connectivity index (χ0n) is 14.0. The van der Waals surface area contributed by atoms with E-state index in [2.05, 4.69) is 10.2 Å². The maximum atomic E-state index is 12.1. The lowest BCUT2D eigenvalue weighted by Gasteiger charge is -2.05. The number of methoxy groups -OCH3 is 1. The maximum Gasteiger partial charge on any atom is 0.343 e. The number of ether oxygens (including phenoxy) is 2. The Hall–Kier alpha value is -3.07. The van der Waals surface area contributed by atoms with Gasteiger partial charge in [0.25, 0.3) is 0 Å². The molecular formula is C17H15N3O5S. The number of thioether (sulfide) groups is 1. The molecule has 3 rings (SSSR count). The molecule has 0 saturated carbocycles. The van der Waals surface area contributed by atoms with Crippen LogP contribution in [0, 0.1) is 0 Å². The molecule has 0 spiro atoms. The Kier molecular flexibility index (Phi) is 5.37. The van der Waals surface area contributed by atoms with Crippen LogP contribution in [0.15, 0.2) is 57.3 Å². The molecule has 1 aromatic carbocycles. The highest BCUT2D eigenvalue weighted by atomic mass is 32.2. The van der Waals surface area contributed by atoms with Gasteiger partial charge in [-0.25, -0.2) is 4.79 Å². The highest BCUT2D eigenvalue weighted by molar-refractivity contribution is 7.98. The lowest BCUT2D eigenvalue weighted by molar-refractivity contribution is 0.0729. The van der Waals surface area contributed by atoms with Gasteiger partial charge in [0.05, 0.1) is 18.4 Å². The Morgan fingerprint density at radius 2 is 2.08 bits per heavy atom. The van der Waals surface area contributed by atoms with Crippen LogP contribution in [0.3, 0.4) is 0 Å². The van der Waals surface area contributed by atoms with Crippen molar-refractivity contribution < 1.29 is 18.7 Å². The van der Waals surface area contributed by atoms with E-state index < -0.39 is 11.4 Å². The van der Waals surface area contributed by atoms with E-state index >= 15 is 0 Å². The van der Waals surface area contributed by atoms with Crippen LogP contribution in [-0.2, 0) is 12.8 Å². The van der Waals surface area contributed by atoms with Gasteiger partial charge in [-0.1, -0.05) is 11.8 Å². The molecule has 9 heteroatoms. The van der Waals surface area contributed by atoms with Crippen molar-refractivity contribution in [3.05, 3.63) is 64.5 Å². The maximum absolute atomic E-state index is 12.1. The van der Waals surface area contributed by atoms with E-state index in [0.717, 1.165) is 6.26 Å². The van der Waals surface area contributed by atoms with Gasteiger partial charge < -0.3 is 18.5 Å². The van der Waals surface area contributed by atoms with Crippen molar-refractivity contribution in [3.63, 3.8) is 0 Å². The topological polar surface area (TPSA) is 96.4 Å². The van der Waals surface area contributed by atoms with Crippen molar-refractivity contribution in [2.24, 2.45) is 7.05 Å². The smallest absolute Gasteiger partial charge is 0.343 e. The third-order valence-corrected chi connectivity index (χ3v) is 4.45. The minimum Gasteiger partial charge on any atom is -0.497 e. The number of benzene rings is 1. The van der Waals surface area contributed by atoms with Crippen molar-refractivity contribution in [2.75, 3.05) is 7.11 Å². The average Bonchev–Trinajstić information content (AvgIpc) is 3.07. The standard InChI is InChI=1S/C17H15N3O5S/c1-20-10-18-19-17(20)26-9-13-7-14(21)15(8-24-13)25-16(22)11-3-5-12(23-2)6-4-11/h3-8,10H,9H2,1-2H3. The fourth-order valence-electron chi connectivity index (χ4n) is 2.01. The van der Waals surface area contributed by atoms with Gasteiger partial charge >= 0.3 is 5.97 Å². The molecule has 26 heavy (non-hydrogen) atoms. The predicted octanol–water partition coefficient (Wildman–Crippen LogP) is 2.29. The molecule has 0 amide bonds. The fraction of sp³-hybridized carbons (Fsp3) is 0.176. The summed E-state index contributed by atoms with van der Waals surface area (Å²) in [4.78, 5) is 24.2. The number of hydrogen-bond donors (Lipinski definition) is 0. The lowest BCUT2D eigenvalue weighted by Crippen LogP contribution is -2.14. The molecule has 0 bridgehead atoms. The molecule has 0 aliphatic rings. The van der Waals surface area contributed by atoms with Crippen LogP contribution in [0.4, 0.5) is 0 Å². The molecule has 8 nitrogen and oxygen atoms in total. The van der Waals surface area contributed by atoms with Gasteiger partial charge in [-0.15, -0.1) is 10.2 Å². The van der Waals surface area contributed by atoms with Gasteiger partial charge in [-0.05, 0) is 24.3 Å². The Morgan fingerprint density at radius 1 is 1.31 bits per heavy atom. The van der Waals surface area contributed by atoms with Gasteiger partial charge in [0.1, 0.15) is 24.1 Å². The second-order valence-electron chi connectivity index (χ2n) is 5.21. The van der Waals surface area contributed by atoms with Gasteiger partial charge in [0, 0.05) is 13.1 Å². The molecule has 0 fully saturated rings. The summed E-state index contributed by atoms with van der Waals surface area (Å²) in [6.45, 7) is 0. The van der Waals surface area contributed by atoms with Crippen molar-refractivity contribution in [1.82, 2.24) is 14.8 Å². The number of aromatic nitrogens is 3. The molecular weight excluding hydrogens is 358 g/mol. The highest BCUT2D eigenvalue weighted by Gasteiger charge is 2.13. The number of esters is 1. The molecule has 0 aliphatic heterocycles. The first-order valence-corrected chi connectivity index (χ1v) is 8.50. The molecule has 0 aliphatic carbocycles. The monoisotopic (exact) mass is 373 g/mol. The van der Waals surface area contributed by atoms with Crippen LogP contribution in [0.2, 0.25) is 0 Å². The summed E-state index contributed by atoms with van der Waals surface area (Å²) in [6.07, 6.45) is 2.72. The van der Waals surface area contributed by atoms with Crippen LogP contribution in [0.1, 0.15) is 16.1 Å². The third-order valence-electron chi connectivity index (χ3n) is 3.39. The summed E-state index contributed by atoms with van der Waals surface area (Å²) in [5.41, 5.74) is -0.140. The zero-order chi connectivity index (χ0) is 18.5. The van der Waals surface area contributed by atoms with E-state index in [9.17, 15) is 9.59 Å². The Bertz CT molecular complexity index is 965. The first kappa shape index (κ1) is 17.7. The summed E-state index contributed by atoms with van der Waals surface area (Å²) in [5.74, 6) is 0.631. The summed E-state index contributed by atoms with van der Waals surface area (Å²) in [5, 5.41) is 8.40. The Balaban J connectivity index is 1.66. The molecule has 0 saturated heterocycles. The van der Waals surface area contributed by atoms with E-state index in [0.29, 0.717) is 28.0 Å². The van der Waals surface area contributed by atoms with Crippen LogP contribution in [0.5, 0.6) is 11.5 Å². The fourth-order valence-corrected chi connectivity index (χ4v) is 2.79. The SMILES string of the molecule is COc1ccc(C(=O)Oc2coc(CSc3nncn3C)cc2=O)cc1. The number of rotatable bonds is 6. The van der Waals surface area contributed by atoms with E-state index in [1.165, 1.54) is 24.9 Å². The number of carbonyl (C=O) groups is 1. The molecule has 0 radical (unpaired) electrons. The first-order valence-electron chi connectivity index (χ1n) is 7.51. The quantitative estimate of drug-likeness (QED) is 0.480. The molecule has 0 atom stereocenters. The normalized spacial score (nSPS) is 10.5. The summed E-state index contributed by atoms with van der Waals surface area (Å²) < 4.78 is 17.3. The van der Waals surface area contributed by atoms with E-state index in [1.807, 2.05) is 7.05 Å². The van der Waals surface area contributed by atoms with Gasteiger partial charge in [-0.2, -0.15) is 0 Å². The van der Waals surface area contributed by atoms with Crippen LogP contribution >= 0.6 is 11.8 Å². The Morgan fingerprint density at radius 3 is 2.69 bits per heavy atom. The second-order valence-corrected chi connectivity index (χ2v) is 6.15. The Labute approximate surface area is 152 Å². The van der Waals surface area contributed by atoms with Crippen LogP contribution in [-0.4, -0.2) is 27.8 Å². The third kappa shape index (κ3) is 4.12. The van der Waals surface area contributed by atoms with Gasteiger partial charge in [0.2, 0.25) is 11.2 Å². The molecule has 0 unspecified atom stereocenters. The highest BCUT2D eigenvalue weighted by Crippen LogP contribution is 2.20. The number of hydrogen-bond acceptors (Lipinski definition) is 8. The summed E-state index contributed by atoms with van der Waals surface area (Å²) in [6, 6.07) is 7.65. The van der Waals surface area contributed by atoms with E-state index in [4.69, 9.17) is 13.9 Å². The largest absolute Gasteiger partial charge is 0.497 e. The summed E-state index contributed by atoms with van der Waals surface area (Å²) >= 11 is 1.37. The number of aryl methyl sites for hydroxylation is 1. The minimum atomic E-state index is -0.652. The van der Waals surface area contributed by atoms with E-state index in [1.54, 1.807) is 35.2 Å². The molecule has 2 aromatic heterocycles. The molecule has 3 aromatic rings. The molecule has 2 heterocycles. The lowest BCUT2D eigenvalue weighted by atomic mass is 10.2. The van der Waals surface area contributed by atoms with Crippen LogP contribution < -0.4 is 14.9 Å². The van der Waals surface area contributed by atoms with Crippen molar-refractivity contribution >= 4 is 17.7 Å². The number of carbonyl (C=O) groups excluding carboxylic acids is 1. The van der Waals surface area contributed by atoms with Crippen molar-refractivity contribution in [1.29, 1.82) is 0 Å². The average molecular weight is 373 g/mol. The zero-order valence-corrected chi connectivity index (χ0v) is 14.9. The molecule has 0 N–H and O–H groups in total. The summed E-state index contributed by atoms with van der Waals surface area (Å²) in [7, 11) is 3.35. The van der Waals surface area contributed by atoms with Gasteiger partial charge in [0.15, 0.2) is 5.16 Å². The van der Waals surface area contributed by atoms with Crippen molar-refractivity contribution in [3.8, 4) is 11.5 Å². The predicted molar refractivity (Wildman–Crippen MR) is 93.5 cm³/mol. The second kappa shape index (κ2) is 7.87.